The number of rotatable bonds is 6. The SMILES string of the molecule is O=C(NC1CC1)c1c(-c2ccccc2)csc1NC(=O)[C@@H]1[C@H](C(=O)O)[C@@H]2C=C[C@H]1C2. The van der Waals surface area contributed by atoms with Crippen LogP contribution in [0.25, 0.3) is 11.1 Å². The minimum Gasteiger partial charge on any atom is -0.481 e. The summed E-state index contributed by atoms with van der Waals surface area (Å²) >= 11 is 1.31. The lowest BCUT2D eigenvalue weighted by Gasteiger charge is -2.23. The average Bonchev–Trinajstić information content (AvgIpc) is 3.15. The Kier molecular flexibility index (Phi) is 4.70. The smallest absolute Gasteiger partial charge is 0.307 e. The maximum atomic E-state index is 13.1. The largest absolute Gasteiger partial charge is 0.481 e. The number of fused-ring (bicyclic) bond motifs is 2. The first-order valence-corrected chi connectivity index (χ1v) is 11.1. The van der Waals surface area contributed by atoms with Crippen LogP contribution in [0.3, 0.4) is 0 Å². The molecule has 4 atom stereocenters. The van der Waals surface area contributed by atoms with Gasteiger partial charge in [-0.25, -0.2) is 0 Å². The quantitative estimate of drug-likeness (QED) is 0.618. The van der Waals surface area contributed by atoms with Crippen LogP contribution in [-0.2, 0) is 9.59 Å². The molecule has 30 heavy (non-hydrogen) atoms. The third kappa shape index (κ3) is 3.33. The molecule has 3 aliphatic carbocycles. The molecule has 0 radical (unpaired) electrons. The predicted molar refractivity (Wildman–Crippen MR) is 114 cm³/mol. The molecule has 154 valence electrons. The lowest BCUT2D eigenvalue weighted by Crippen LogP contribution is -2.36. The number of hydrogen-bond acceptors (Lipinski definition) is 4. The van der Waals surface area contributed by atoms with Crippen molar-refractivity contribution >= 4 is 34.1 Å². The van der Waals surface area contributed by atoms with Gasteiger partial charge in [0.05, 0.1) is 17.4 Å². The lowest BCUT2D eigenvalue weighted by molar-refractivity contribution is -0.146. The molecular formula is C23H22N2O4S. The number of carbonyl (C=O) groups is 3. The Morgan fingerprint density at radius 3 is 2.37 bits per heavy atom. The first kappa shape index (κ1) is 19.1. The summed E-state index contributed by atoms with van der Waals surface area (Å²) in [5, 5.41) is 17.9. The van der Waals surface area contributed by atoms with Gasteiger partial charge >= 0.3 is 5.97 Å². The van der Waals surface area contributed by atoms with Crippen LogP contribution in [0.2, 0.25) is 0 Å². The number of thiophene rings is 1. The van der Waals surface area contributed by atoms with E-state index in [9.17, 15) is 19.5 Å². The fourth-order valence-corrected chi connectivity index (χ4v) is 5.67. The third-order valence-electron chi connectivity index (χ3n) is 6.30. The Bertz CT molecular complexity index is 1040. The van der Waals surface area contributed by atoms with Crippen LogP contribution in [-0.4, -0.2) is 28.9 Å². The van der Waals surface area contributed by atoms with Gasteiger partial charge in [-0.2, -0.15) is 0 Å². The highest BCUT2D eigenvalue weighted by atomic mass is 32.1. The van der Waals surface area contributed by atoms with Crippen LogP contribution in [0.1, 0.15) is 29.6 Å². The van der Waals surface area contributed by atoms with E-state index in [4.69, 9.17) is 0 Å². The van der Waals surface area contributed by atoms with Crippen molar-refractivity contribution in [2.24, 2.45) is 23.7 Å². The molecule has 2 amide bonds. The second kappa shape index (κ2) is 7.40. The summed E-state index contributed by atoms with van der Waals surface area (Å²) in [5.41, 5.74) is 2.13. The van der Waals surface area contributed by atoms with Crippen LogP contribution >= 0.6 is 11.3 Å². The molecule has 3 aliphatic rings. The zero-order chi connectivity index (χ0) is 20.8. The number of nitrogens with one attached hydrogen (secondary N) is 2. The van der Waals surface area contributed by atoms with Crippen molar-refractivity contribution in [1.82, 2.24) is 5.32 Å². The van der Waals surface area contributed by atoms with E-state index < -0.39 is 17.8 Å². The van der Waals surface area contributed by atoms with Crippen molar-refractivity contribution in [3.05, 3.63) is 53.4 Å². The van der Waals surface area contributed by atoms with Crippen molar-refractivity contribution in [2.75, 3.05) is 5.32 Å². The van der Waals surface area contributed by atoms with Crippen LogP contribution < -0.4 is 10.6 Å². The fraction of sp³-hybridized carbons (Fsp3) is 0.348. The van der Waals surface area contributed by atoms with Crippen molar-refractivity contribution < 1.29 is 19.5 Å². The summed E-state index contributed by atoms with van der Waals surface area (Å²) in [5.74, 6) is -2.93. The van der Waals surface area contributed by atoms with E-state index in [1.807, 2.05) is 47.9 Å². The standard InChI is InChI=1S/C23H22N2O4S/c26-20(17-13-6-7-14(10-13)18(17)23(28)29)25-22-19(21(27)24-15-8-9-15)16(11-30-22)12-4-2-1-3-5-12/h1-7,11,13-15,17-18H,8-10H2,(H,24,27)(H,25,26)(H,28,29)/t13-,14+,17-,18+/m0/s1. The average molecular weight is 423 g/mol. The van der Waals surface area contributed by atoms with Crippen molar-refractivity contribution in [3.8, 4) is 11.1 Å². The number of aliphatic carboxylic acids is 1. The summed E-state index contributed by atoms with van der Waals surface area (Å²) in [7, 11) is 0. The Morgan fingerprint density at radius 2 is 1.70 bits per heavy atom. The summed E-state index contributed by atoms with van der Waals surface area (Å²) in [4.78, 5) is 37.9. The summed E-state index contributed by atoms with van der Waals surface area (Å²) in [6, 6.07) is 9.79. The number of benzene rings is 1. The maximum Gasteiger partial charge on any atom is 0.307 e. The first-order valence-electron chi connectivity index (χ1n) is 10.2. The minimum atomic E-state index is -0.935. The molecule has 6 nitrogen and oxygen atoms in total. The van der Waals surface area contributed by atoms with Crippen molar-refractivity contribution in [3.63, 3.8) is 0 Å². The first-order chi connectivity index (χ1) is 14.5. The normalized spacial score (nSPS) is 26.5. The Balaban J connectivity index is 1.46. The molecule has 3 N–H and O–H groups in total. The number of allylic oxidation sites excluding steroid dienone is 2. The fourth-order valence-electron chi connectivity index (χ4n) is 4.70. The van der Waals surface area contributed by atoms with Crippen LogP contribution in [0.15, 0.2) is 47.9 Å². The monoisotopic (exact) mass is 422 g/mol. The molecule has 1 aromatic carbocycles. The highest BCUT2D eigenvalue weighted by Crippen LogP contribution is 2.49. The third-order valence-corrected chi connectivity index (χ3v) is 7.19. The lowest BCUT2D eigenvalue weighted by atomic mass is 9.82. The molecule has 0 spiro atoms. The van der Waals surface area contributed by atoms with Crippen LogP contribution in [0, 0.1) is 23.7 Å². The van der Waals surface area contributed by atoms with Gasteiger partial charge in [-0.05, 0) is 36.7 Å². The van der Waals surface area contributed by atoms with E-state index in [1.54, 1.807) is 0 Å². The summed E-state index contributed by atoms with van der Waals surface area (Å²) in [6.07, 6.45) is 6.51. The van der Waals surface area contributed by atoms with Gasteiger partial charge in [-0.3, -0.25) is 14.4 Å². The highest BCUT2D eigenvalue weighted by molar-refractivity contribution is 7.15. The van der Waals surface area contributed by atoms with Crippen LogP contribution in [0.4, 0.5) is 5.00 Å². The van der Waals surface area contributed by atoms with E-state index in [1.165, 1.54) is 11.3 Å². The highest BCUT2D eigenvalue weighted by Gasteiger charge is 2.51. The number of carboxylic acid groups (broad SMARTS) is 1. The van der Waals surface area contributed by atoms with Crippen molar-refractivity contribution in [2.45, 2.75) is 25.3 Å². The van der Waals surface area contributed by atoms with Gasteiger partial charge in [0.1, 0.15) is 5.00 Å². The molecule has 2 fully saturated rings. The number of amides is 2. The maximum absolute atomic E-state index is 13.1. The van der Waals surface area contributed by atoms with Gasteiger partial charge in [0.25, 0.3) is 5.91 Å². The molecule has 7 heteroatoms. The Morgan fingerprint density at radius 1 is 1.00 bits per heavy atom. The predicted octanol–water partition coefficient (Wildman–Crippen LogP) is 3.77. The Labute approximate surface area is 178 Å². The second-order valence-electron chi connectivity index (χ2n) is 8.29. The van der Waals surface area contributed by atoms with Crippen LogP contribution in [0.5, 0.6) is 0 Å². The minimum absolute atomic E-state index is 0.0617. The second-order valence-corrected chi connectivity index (χ2v) is 9.17. The zero-order valence-corrected chi connectivity index (χ0v) is 17.0. The molecule has 1 aromatic heterocycles. The van der Waals surface area contributed by atoms with Gasteiger partial charge in [0.2, 0.25) is 5.91 Å². The molecule has 2 saturated carbocycles. The topological polar surface area (TPSA) is 95.5 Å². The molecule has 2 bridgehead atoms. The zero-order valence-electron chi connectivity index (χ0n) is 16.2. The van der Waals surface area contributed by atoms with E-state index in [-0.39, 0.29) is 29.7 Å². The van der Waals surface area contributed by atoms with Gasteiger partial charge < -0.3 is 15.7 Å². The van der Waals surface area contributed by atoms with E-state index in [0.717, 1.165) is 24.0 Å². The summed E-state index contributed by atoms with van der Waals surface area (Å²) < 4.78 is 0. The number of anilines is 1. The number of hydrogen-bond donors (Lipinski definition) is 3. The molecule has 0 unspecified atom stereocenters. The summed E-state index contributed by atoms with van der Waals surface area (Å²) in [6.45, 7) is 0. The van der Waals surface area contributed by atoms with Gasteiger partial charge in [-0.15, -0.1) is 11.3 Å². The number of carbonyl (C=O) groups excluding carboxylic acids is 2. The van der Waals surface area contributed by atoms with Gasteiger partial charge in [0, 0.05) is 17.0 Å². The number of carboxylic acids is 1. The Hall–Kier alpha value is -2.93. The van der Waals surface area contributed by atoms with Gasteiger partial charge in [-0.1, -0.05) is 42.5 Å². The van der Waals surface area contributed by atoms with Crippen molar-refractivity contribution in [1.29, 1.82) is 0 Å². The molecule has 0 saturated heterocycles. The molecule has 2 aromatic rings. The van der Waals surface area contributed by atoms with E-state index in [2.05, 4.69) is 10.6 Å². The molecule has 0 aliphatic heterocycles. The van der Waals surface area contributed by atoms with Gasteiger partial charge in [0.15, 0.2) is 0 Å². The molecular weight excluding hydrogens is 400 g/mol. The van der Waals surface area contributed by atoms with E-state index >= 15 is 0 Å². The molecule has 5 rings (SSSR count). The van der Waals surface area contributed by atoms with E-state index in [0.29, 0.717) is 17.0 Å². The molecule has 1 heterocycles.